The minimum absolute atomic E-state index is 0.182. The van der Waals surface area contributed by atoms with Gasteiger partial charge in [-0.3, -0.25) is 4.79 Å². The van der Waals surface area contributed by atoms with Crippen LogP contribution in [0.15, 0.2) is 84.9 Å². The molecule has 1 amide bonds. The highest BCUT2D eigenvalue weighted by atomic mass is 16.5. The second-order valence-corrected chi connectivity index (χ2v) is 7.33. The summed E-state index contributed by atoms with van der Waals surface area (Å²) in [6.07, 6.45) is 0. The Bertz CT molecular complexity index is 900. The Balaban J connectivity index is 1.54. The molecule has 0 saturated carbocycles. The molecule has 0 radical (unpaired) electrons. The Hall–Kier alpha value is -3.44. The zero-order valence-corrected chi connectivity index (χ0v) is 17.1. The summed E-state index contributed by atoms with van der Waals surface area (Å²) < 4.78 is 5.23. The van der Waals surface area contributed by atoms with Gasteiger partial charge in [-0.25, -0.2) is 4.79 Å². The number of carbonyl (C=O) groups excluding carboxylic acids is 2. The maximum atomic E-state index is 12.4. The van der Waals surface area contributed by atoms with Gasteiger partial charge in [-0.15, -0.1) is 0 Å². The number of esters is 1. The predicted molar refractivity (Wildman–Crippen MR) is 117 cm³/mol. The molecular weight excluding hydrogens is 376 g/mol. The van der Waals surface area contributed by atoms with E-state index in [9.17, 15) is 9.59 Å². The van der Waals surface area contributed by atoms with Crippen molar-refractivity contribution in [3.05, 3.63) is 102 Å². The summed E-state index contributed by atoms with van der Waals surface area (Å²) >= 11 is 0. The molecule has 0 heterocycles. The molecule has 5 heteroatoms. The fourth-order valence-corrected chi connectivity index (χ4v) is 3.19. The van der Waals surface area contributed by atoms with Crippen LogP contribution in [-0.2, 0) is 27.4 Å². The lowest BCUT2D eigenvalue weighted by molar-refractivity contribution is -0.920. The predicted octanol–water partition coefficient (Wildman–Crippen LogP) is 2.76. The van der Waals surface area contributed by atoms with Gasteiger partial charge in [0.25, 0.3) is 5.91 Å². The summed E-state index contributed by atoms with van der Waals surface area (Å²) in [6, 6.07) is 27.6. The van der Waals surface area contributed by atoms with Crippen molar-refractivity contribution < 1.29 is 19.2 Å². The van der Waals surface area contributed by atoms with E-state index >= 15 is 0 Å². The monoisotopic (exact) mass is 403 g/mol. The molecule has 0 unspecified atom stereocenters. The summed E-state index contributed by atoms with van der Waals surface area (Å²) in [5.74, 6) is -0.740. The van der Waals surface area contributed by atoms with Gasteiger partial charge in [0.2, 0.25) is 0 Å². The van der Waals surface area contributed by atoms with E-state index < -0.39 is 5.97 Å². The van der Waals surface area contributed by atoms with Gasteiger partial charge in [-0.05, 0) is 19.1 Å². The first kappa shape index (κ1) is 21.3. The van der Waals surface area contributed by atoms with Crippen molar-refractivity contribution in [1.82, 2.24) is 0 Å². The SMILES string of the molecule is Cc1ccc(NC(=O)COC(=O)C[NH+](Cc2ccccc2)Cc2ccccc2)cc1. The average molecular weight is 404 g/mol. The van der Waals surface area contributed by atoms with Crippen LogP contribution in [0.5, 0.6) is 0 Å². The molecule has 2 N–H and O–H groups in total. The second-order valence-electron chi connectivity index (χ2n) is 7.33. The third-order valence-electron chi connectivity index (χ3n) is 4.69. The zero-order chi connectivity index (χ0) is 21.2. The van der Waals surface area contributed by atoms with Crippen molar-refractivity contribution in [2.24, 2.45) is 0 Å². The highest BCUT2D eigenvalue weighted by Crippen LogP contribution is 2.08. The highest BCUT2D eigenvalue weighted by molar-refractivity contribution is 5.92. The standard InChI is InChI=1S/C25H26N2O3/c1-20-12-14-23(15-13-20)26-24(28)19-30-25(29)18-27(16-21-8-4-2-5-9-21)17-22-10-6-3-7-11-22/h2-15H,16-19H2,1H3,(H,26,28)/p+1. The lowest BCUT2D eigenvalue weighted by Gasteiger charge is -2.19. The van der Waals surface area contributed by atoms with Crippen LogP contribution in [-0.4, -0.2) is 25.0 Å². The summed E-state index contributed by atoms with van der Waals surface area (Å²) in [7, 11) is 0. The number of quaternary nitrogens is 1. The number of amides is 1. The number of rotatable bonds is 9. The Kier molecular flexibility index (Phi) is 7.75. The summed E-state index contributed by atoms with van der Waals surface area (Å²) in [5.41, 5.74) is 4.09. The number of nitrogens with one attached hydrogen (secondary N) is 2. The van der Waals surface area contributed by atoms with E-state index in [1.54, 1.807) is 0 Å². The Morgan fingerprint density at radius 3 is 1.87 bits per heavy atom. The van der Waals surface area contributed by atoms with Gasteiger partial charge in [0.15, 0.2) is 13.2 Å². The van der Waals surface area contributed by atoms with E-state index in [2.05, 4.69) is 5.32 Å². The van der Waals surface area contributed by atoms with Crippen molar-refractivity contribution in [1.29, 1.82) is 0 Å². The van der Waals surface area contributed by atoms with E-state index in [4.69, 9.17) is 4.74 Å². The van der Waals surface area contributed by atoms with Crippen LogP contribution < -0.4 is 10.2 Å². The normalized spacial score (nSPS) is 10.6. The van der Waals surface area contributed by atoms with Gasteiger partial charge < -0.3 is 15.0 Å². The molecule has 3 rings (SSSR count). The molecule has 0 aliphatic rings. The topological polar surface area (TPSA) is 59.8 Å². The van der Waals surface area contributed by atoms with Gasteiger partial charge >= 0.3 is 5.97 Å². The van der Waals surface area contributed by atoms with Crippen LogP contribution in [0.4, 0.5) is 5.69 Å². The summed E-state index contributed by atoms with van der Waals surface area (Å²) in [6.45, 7) is 3.26. The molecule has 30 heavy (non-hydrogen) atoms. The lowest BCUT2D eigenvalue weighted by atomic mass is 10.1. The smallest absolute Gasteiger partial charge is 0.362 e. The molecule has 3 aromatic rings. The molecule has 3 aromatic carbocycles. The largest absolute Gasteiger partial charge is 0.451 e. The summed E-state index contributed by atoms with van der Waals surface area (Å²) in [5, 5.41) is 2.73. The fourth-order valence-electron chi connectivity index (χ4n) is 3.19. The Morgan fingerprint density at radius 1 is 0.800 bits per heavy atom. The zero-order valence-electron chi connectivity index (χ0n) is 17.1. The third kappa shape index (κ3) is 7.18. The van der Waals surface area contributed by atoms with Gasteiger partial charge in [-0.1, -0.05) is 78.4 Å². The van der Waals surface area contributed by atoms with Crippen LogP contribution in [0.2, 0.25) is 0 Å². The first-order chi connectivity index (χ1) is 14.6. The van der Waals surface area contributed by atoms with E-state index in [-0.39, 0.29) is 19.1 Å². The molecule has 5 nitrogen and oxygen atoms in total. The van der Waals surface area contributed by atoms with Crippen molar-refractivity contribution in [2.45, 2.75) is 20.0 Å². The average Bonchev–Trinajstić information content (AvgIpc) is 2.75. The minimum Gasteiger partial charge on any atom is -0.451 e. The first-order valence-corrected chi connectivity index (χ1v) is 10.0. The third-order valence-corrected chi connectivity index (χ3v) is 4.69. The molecule has 0 aromatic heterocycles. The molecular formula is C25H27N2O3+. The highest BCUT2D eigenvalue weighted by Gasteiger charge is 2.18. The van der Waals surface area contributed by atoms with Crippen molar-refractivity contribution in [3.8, 4) is 0 Å². The molecule has 0 saturated heterocycles. The maximum Gasteiger partial charge on any atom is 0.362 e. The van der Waals surface area contributed by atoms with Gasteiger partial charge in [0.1, 0.15) is 13.1 Å². The number of aryl methyl sites for hydroxylation is 1. The first-order valence-electron chi connectivity index (χ1n) is 10.0. The molecule has 154 valence electrons. The quantitative estimate of drug-likeness (QED) is 0.540. The molecule has 0 spiro atoms. The van der Waals surface area contributed by atoms with Gasteiger partial charge in [0.05, 0.1) is 0 Å². The number of carbonyl (C=O) groups is 2. The number of anilines is 1. The fraction of sp³-hybridized carbons (Fsp3) is 0.200. The van der Waals surface area contributed by atoms with Crippen LogP contribution in [0.3, 0.4) is 0 Å². The number of hydrogen-bond acceptors (Lipinski definition) is 3. The Morgan fingerprint density at radius 2 is 1.33 bits per heavy atom. The molecule has 0 atom stereocenters. The molecule has 0 bridgehead atoms. The van der Waals surface area contributed by atoms with Crippen LogP contribution in [0, 0.1) is 6.92 Å². The molecule has 0 fully saturated rings. The van der Waals surface area contributed by atoms with Gasteiger partial charge in [-0.2, -0.15) is 0 Å². The Labute approximate surface area is 177 Å². The molecule has 0 aliphatic carbocycles. The number of benzene rings is 3. The molecule has 0 aliphatic heterocycles. The van der Waals surface area contributed by atoms with Crippen molar-refractivity contribution in [3.63, 3.8) is 0 Å². The lowest BCUT2D eigenvalue weighted by Crippen LogP contribution is -3.10. The summed E-state index contributed by atoms with van der Waals surface area (Å²) in [4.78, 5) is 25.5. The van der Waals surface area contributed by atoms with Crippen molar-refractivity contribution in [2.75, 3.05) is 18.5 Å². The van der Waals surface area contributed by atoms with Gasteiger partial charge in [0, 0.05) is 16.8 Å². The van der Waals surface area contributed by atoms with E-state index in [1.165, 1.54) is 0 Å². The van der Waals surface area contributed by atoms with Crippen LogP contribution >= 0.6 is 0 Å². The van der Waals surface area contributed by atoms with Crippen LogP contribution in [0.1, 0.15) is 16.7 Å². The number of ether oxygens (including phenoxy) is 1. The van der Waals surface area contributed by atoms with E-state index in [1.807, 2.05) is 91.9 Å². The minimum atomic E-state index is -0.393. The van der Waals surface area contributed by atoms with E-state index in [0.29, 0.717) is 18.8 Å². The van der Waals surface area contributed by atoms with Crippen molar-refractivity contribution >= 4 is 17.6 Å². The number of hydrogen-bond donors (Lipinski definition) is 2. The van der Waals surface area contributed by atoms with Crippen LogP contribution in [0.25, 0.3) is 0 Å². The van der Waals surface area contributed by atoms with E-state index in [0.717, 1.165) is 21.6 Å². The second kappa shape index (κ2) is 10.9. The maximum absolute atomic E-state index is 12.4.